The Kier molecular flexibility index (Phi) is 10.8. The van der Waals surface area contributed by atoms with Crippen molar-refractivity contribution in [2.24, 2.45) is 5.10 Å². The van der Waals surface area contributed by atoms with E-state index in [9.17, 15) is 20.0 Å². The van der Waals surface area contributed by atoms with Crippen LogP contribution in [0.25, 0.3) is 0 Å². The molecule has 0 aliphatic carbocycles. The van der Waals surface area contributed by atoms with Gasteiger partial charge in [-0.25, -0.2) is 9.59 Å². The van der Waals surface area contributed by atoms with Gasteiger partial charge in [0.25, 0.3) is 0 Å². The third-order valence-electron chi connectivity index (χ3n) is 6.52. The van der Waals surface area contributed by atoms with E-state index >= 15 is 0 Å². The second kappa shape index (κ2) is 15.1. The number of nitrogens with zero attached hydrogens (tertiary/aromatic N) is 2. The molecule has 12 heteroatoms. The minimum Gasteiger partial charge on any atom is -0.490 e. The lowest BCUT2D eigenvalue weighted by Gasteiger charge is -2.28. The summed E-state index contributed by atoms with van der Waals surface area (Å²) in [6, 6.07) is 20.4. The predicted octanol–water partition coefficient (Wildman–Crippen LogP) is 3.66. The molecule has 0 fully saturated rings. The summed E-state index contributed by atoms with van der Waals surface area (Å²) in [5, 5.41) is 29.0. The molecule has 44 heavy (non-hydrogen) atoms. The number of amides is 2. The van der Waals surface area contributed by atoms with Crippen molar-refractivity contribution in [3.05, 3.63) is 100 Å². The fraction of sp³-hybridized carbons (Fsp3) is 0.250. The van der Waals surface area contributed by atoms with Crippen LogP contribution in [0.2, 0.25) is 0 Å². The van der Waals surface area contributed by atoms with Gasteiger partial charge in [-0.05, 0) is 67.4 Å². The van der Waals surface area contributed by atoms with Crippen molar-refractivity contribution in [1.82, 2.24) is 16.1 Å². The first-order chi connectivity index (χ1) is 21.3. The van der Waals surface area contributed by atoms with Gasteiger partial charge in [-0.3, -0.25) is 5.43 Å². The van der Waals surface area contributed by atoms with Crippen LogP contribution < -0.4 is 30.3 Å². The van der Waals surface area contributed by atoms with Gasteiger partial charge in [0, 0.05) is 11.3 Å². The average Bonchev–Trinajstić information content (AvgIpc) is 3.03. The summed E-state index contributed by atoms with van der Waals surface area (Å²) in [6.45, 7) is 3.89. The molecule has 3 aromatic rings. The lowest BCUT2D eigenvalue weighted by Crippen LogP contribution is -2.45. The van der Waals surface area contributed by atoms with Gasteiger partial charge in [-0.2, -0.15) is 10.4 Å². The van der Waals surface area contributed by atoms with Crippen LogP contribution in [-0.4, -0.2) is 49.9 Å². The van der Waals surface area contributed by atoms with Crippen molar-refractivity contribution in [3.8, 4) is 23.3 Å². The second-order valence-corrected chi connectivity index (χ2v) is 9.54. The summed E-state index contributed by atoms with van der Waals surface area (Å²) in [6.07, 6.45) is 0.406. The molecule has 0 radical (unpaired) electrons. The van der Waals surface area contributed by atoms with Crippen molar-refractivity contribution in [2.45, 2.75) is 32.7 Å². The van der Waals surface area contributed by atoms with E-state index in [1.807, 2.05) is 37.3 Å². The number of carbonyl (C=O) groups is 2. The number of nitriles is 1. The van der Waals surface area contributed by atoms with Gasteiger partial charge in [0.1, 0.15) is 19.0 Å². The van der Waals surface area contributed by atoms with Crippen molar-refractivity contribution in [2.75, 3.05) is 20.3 Å². The Bertz CT molecular complexity index is 1580. The summed E-state index contributed by atoms with van der Waals surface area (Å²) >= 11 is 0. The van der Waals surface area contributed by atoms with E-state index < -0.39 is 24.3 Å². The molecule has 0 saturated carbocycles. The maximum atomic E-state index is 12.4. The third-order valence-corrected chi connectivity index (χ3v) is 6.52. The number of aliphatic hydroxyl groups excluding tert-OH is 1. The van der Waals surface area contributed by atoms with Crippen molar-refractivity contribution in [1.29, 1.82) is 5.26 Å². The number of urea groups is 1. The van der Waals surface area contributed by atoms with Gasteiger partial charge >= 0.3 is 12.0 Å². The van der Waals surface area contributed by atoms with Crippen LogP contribution in [-0.2, 0) is 16.1 Å². The van der Waals surface area contributed by atoms with Gasteiger partial charge in [-0.1, -0.05) is 24.3 Å². The van der Waals surface area contributed by atoms with Crippen LogP contribution in [0.15, 0.2) is 83.1 Å². The molecule has 4 rings (SSSR count). The zero-order valence-electron chi connectivity index (χ0n) is 24.5. The molecule has 0 spiro atoms. The SMILES string of the molecule is CCOc1cc([C@H]2NC(=O)NC(C)=C2C(=O)OC)ccc1OC[C@H](O)N/N=C\c1ccc(OCc2ccccc2C#N)cc1. The zero-order chi connectivity index (χ0) is 31.5. The molecule has 2 atom stereocenters. The van der Waals surface area contributed by atoms with Crippen molar-refractivity contribution < 1.29 is 33.6 Å². The van der Waals surface area contributed by atoms with E-state index in [2.05, 4.69) is 27.2 Å². The van der Waals surface area contributed by atoms with Crippen molar-refractivity contribution in [3.63, 3.8) is 0 Å². The lowest BCUT2D eigenvalue weighted by atomic mass is 9.95. The fourth-order valence-electron chi connectivity index (χ4n) is 4.39. The van der Waals surface area contributed by atoms with Crippen LogP contribution in [0.3, 0.4) is 0 Å². The van der Waals surface area contributed by atoms with E-state index in [4.69, 9.17) is 18.9 Å². The first-order valence-electron chi connectivity index (χ1n) is 13.8. The Balaban J connectivity index is 1.32. The normalized spacial score (nSPS) is 15.1. The number of allylic oxidation sites excluding steroid dienone is 1. The van der Waals surface area contributed by atoms with Crippen LogP contribution in [0.4, 0.5) is 4.79 Å². The summed E-state index contributed by atoms with van der Waals surface area (Å²) < 4.78 is 22.2. The first kappa shape index (κ1) is 31.4. The molecule has 0 unspecified atom stereocenters. The number of nitrogens with one attached hydrogen (secondary N) is 3. The van der Waals surface area contributed by atoms with Crippen LogP contribution in [0, 0.1) is 11.3 Å². The number of hydrazone groups is 1. The minimum absolute atomic E-state index is 0.149. The highest BCUT2D eigenvalue weighted by Gasteiger charge is 2.32. The number of ether oxygens (including phenoxy) is 4. The van der Waals surface area contributed by atoms with Crippen molar-refractivity contribution >= 4 is 18.2 Å². The Morgan fingerprint density at radius 3 is 2.61 bits per heavy atom. The summed E-state index contributed by atoms with van der Waals surface area (Å²) in [5.41, 5.74) is 6.00. The minimum atomic E-state index is -1.14. The summed E-state index contributed by atoms with van der Waals surface area (Å²) in [7, 11) is 1.27. The average molecular weight is 600 g/mol. The number of aliphatic hydroxyl groups is 1. The highest BCUT2D eigenvalue weighted by atomic mass is 16.5. The second-order valence-electron chi connectivity index (χ2n) is 9.54. The van der Waals surface area contributed by atoms with Crippen LogP contribution >= 0.6 is 0 Å². The van der Waals surface area contributed by atoms with E-state index in [0.717, 1.165) is 11.1 Å². The predicted molar refractivity (Wildman–Crippen MR) is 161 cm³/mol. The van der Waals surface area contributed by atoms with Crippen LogP contribution in [0.5, 0.6) is 17.2 Å². The highest BCUT2D eigenvalue weighted by Crippen LogP contribution is 2.35. The topological polar surface area (TPSA) is 164 Å². The first-order valence-corrected chi connectivity index (χ1v) is 13.8. The number of hydrogen-bond donors (Lipinski definition) is 4. The number of carbonyl (C=O) groups excluding carboxylic acids is 2. The number of benzene rings is 3. The smallest absolute Gasteiger partial charge is 0.337 e. The third kappa shape index (κ3) is 8.05. The zero-order valence-corrected chi connectivity index (χ0v) is 24.5. The number of esters is 1. The molecule has 0 bridgehead atoms. The quantitative estimate of drug-likeness (QED) is 0.0994. The van der Waals surface area contributed by atoms with Gasteiger partial charge < -0.3 is 34.7 Å². The summed E-state index contributed by atoms with van der Waals surface area (Å²) in [4.78, 5) is 24.6. The molecule has 0 aromatic heterocycles. The van der Waals surface area contributed by atoms with E-state index in [1.165, 1.54) is 7.11 Å². The largest absolute Gasteiger partial charge is 0.490 e. The molecule has 2 amide bonds. The number of rotatable bonds is 13. The van der Waals surface area contributed by atoms with E-state index in [-0.39, 0.29) is 18.8 Å². The van der Waals surface area contributed by atoms with Gasteiger partial charge in [0.15, 0.2) is 17.7 Å². The molecular weight excluding hydrogens is 566 g/mol. The number of methoxy groups -OCH3 is 1. The Morgan fingerprint density at radius 1 is 1.11 bits per heavy atom. The maximum absolute atomic E-state index is 12.4. The maximum Gasteiger partial charge on any atom is 0.337 e. The molecule has 228 valence electrons. The summed E-state index contributed by atoms with van der Waals surface area (Å²) in [5.74, 6) is 0.792. The van der Waals surface area contributed by atoms with Gasteiger partial charge in [0.05, 0.1) is 43.2 Å². The molecule has 4 N–H and O–H groups in total. The van der Waals surface area contributed by atoms with Gasteiger partial charge in [-0.15, -0.1) is 0 Å². The van der Waals surface area contributed by atoms with Gasteiger partial charge in [0.2, 0.25) is 0 Å². The van der Waals surface area contributed by atoms with E-state index in [0.29, 0.717) is 40.7 Å². The van der Waals surface area contributed by atoms with Crippen LogP contribution in [0.1, 0.15) is 42.1 Å². The number of hydrogen-bond acceptors (Lipinski definition) is 10. The Labute approximate surface area is 254 Å². The molecule has 1 aliphatic heterocycles. The fourth-order valence-corrected chi connectivity index (χ4v) is 4.39. The lowest BCUT2D eigenvalue weighted by molar-refractivity contribution is -0.136. The molecule has 12 nitrogen and oxygen atoms in total. The Morgan fingerprint density at radius 2 is 1.89 bits per heavy atom. The molecule has 3 aromatic carbocycles. The molecular formula is C32H33N5O7. The molecule has 1 heterocycles. The molecule has 0 saturated heterocycles. The monoisotopic (exact) mass is 599 g/mol. The highest BCUT2D eigenvalue weighted by molar-refractivity contribution is 5.95. The van der Waals surface area contributed by atoms with E-state index in [1.54, 1.807) is 49.5 Å². The molecule has 1 aliphatic rings. The standard InChI is InChI=1S/C32H33N5O7/c1-4-42-27-15-22(30-29(31(39)41-3)20(2)35-32(40)36-30)11-14-26(27)44-19-28(38)37-34-17-21-9-12-25(13-10-21)43-18-24-8-6-5-7-23(24)16-33/h5-15,17,28,30,37-38H,4,18-19H2,1-3H3,(H2,35,36,40)/b34-17-/t28-,30+/m0/s1. The Hall–Kier alpha value is -5.54.